The van der Waals surface area contributed by atoms with Gasteiger partial charge in [0.05, 0.1) is 0 Å². The molecule has 0 amide bonds. The molecule has 0 aliphatic rings. The van der Waals surface area contributed by atoms with Crippen LogP contribution in [0.2, 0.25) is 5.02 Å². The highest BCUT2D eigenvalue weighted by Gasteiger charge is 2.08. The summed E-state index contributed by atoms with van der Waals surface area (Å²) in [5.41, 5.74) is 3.09. The molecule has 1 heterocycles. The third-order valence-corrected chi connectivity index (χ3v) is 3.68. The molecule has 0 bridgehead atoms. The van der Waals surface area contributed by atoms with E-state index in [1.54, 1.807) is 0 Å². The maximum absolute atomic E-state index is 6.22. The molecule has 3 nitrogen and oxygen atoms in total. The first-order valence-electron chi connectivity index (χ1n) is 7.52. The quantitative estimate of drug-likeness (QED) is 0.826. The van der Waals surface area contributed by atoms with Crippen LogP contribution >= 0.6 is 11.6 Å². The van der Waals surface area contributed by atoms with Gasteiger partial charge in [0.2, 0.25) is 0 Å². The smallest absolute Gasteiger partial charge is 0.161 e. The van der Waals surface area contributed by atoms with Crippen LogP contribution in [-0.2, 0) is 6.42 Å². The number of aromatic nitrogens is 2. The number of benzene rings is 1. The molecule has 1 N–H and O–H groups in total. The number of aryl methyl sites for hydroxylation is 2. The Morgan fingerprint density at radius 2 is 1.90 bits per heavy atom. The van der Waals surface area contributed by atoms with Gasteiger partial charge in [-0.2, -0.15) is 0 Å². The molecule has 0 fully saturated rings. The largest absolute Gasteiger partial charge is 0.370 e. The summed E-state index contributed by atoms with van der Waals surface area (Å²) in [5.74, 6) is 1.63. The van der Waals surface area contributed by atoms with E-state index < -0.39 is 0 Å². The summed E-state index contributed by atoms with van der Waals surface area (Å²) in [6.07, 6.45) is 3.09. The SMILES string of the molecule is CCCNc1cc(CCC)nc(-c2ccc(C)c(Cl)c2)n1. The average molecular weight is 304 g/mol. The third-order valence-electron chi connectivity index (χ3n) is 3.27. The van der Waals surface area contributed by atoms with Gasteiger partial charge < -0.3 is 5.32 Å². The number of anilines is 1. The molecular formula is C17H22ClN3. The second kappa shape index (κ2) is 7.41. The fraction of sp³-hybridized carbons (Fsp3) is 0.412. The van der Waals surface area contributed by atoms with Crippen LogP contribution < -0.4 is 5.32 Å². The Morgan fingerprint density at radius 3 is 2.57 bits per heavy atom. The van der Waals surface area contributed by atoms with Crippen LogP contribution in [0.4, 0.5) is 5.82 Å². The van der Waals surface area contributed by atoms with Crippen LogP contribution in [0, 0.1) is 6.92 Å². The molecule has 0 saturated heterocycles. The molecule has 0 spiro atoms. The lowest BCUT2D eigenvalue weighted by molar-refractivity contribution is 0.872. The minimum atomic E-state index is 0.737. The normalized spacial score (nSPS) is 10.7. The summed E-state index contributed by atoms with van der Waals surface area (Å²) in [6, 6.07) is 8.01. The summed E-state index contributed by atoms with van der Waals surface area (Å²) >= 11 is 6.22. The lowest BCUT2D eigenvalue weighted by Gasteiger charge is -2.10. The van der Waals surface area contributed by atoms with Crippen LogP contribution in [0.1, 0.15) is 37.9 Å². The van der Waals surface area contributed by atoms with Crippen molar-refractivity contribution in [3.63, 3.8) is 0 Å². The van der Waals surface area contributed by atoms with Crippen LogP contribution in [0.5, 0.6) is 0 Å². The molecule has 112 valence electrons. The van der Waals surface area contributed by atoms with E-state index in [9.17, 15) is 0 Å². The summed E-state index contributed by atoms with van der Waals surface area (Å²) in [7, 11) is 0. The Bertz CT molecular complexity index is 611. The van der Waals surface area contributed by atoms with Gasteiger partial charge in [-0.05, 0) is 31.4 Å². The van der Waals surface area contributed by atoms with E-state index in [1.165, 1.54) is 0 Å². The van der Waals surface area contributed by atoms with Crippen LogP contribution in [-0.4, -0.2) is 16.5 Å². The van der Waals surface area contributed by atoms with Gasteiger partial charge in [0.25, 0.3) is 0 Å². The maximum atomic E-state index is 6.22. The zero-order valence-corrected chi connectivity index (χ0v) is 13.7. The Morgan fingerprint density at radius 1 is 1.10 bits per heavy atom. The lowest BCUT2D eigenvalue weighted by Crippen LogP contribution is -2.05. The van der Waals surface area contributed by atoms with E-state index in [4.69, 9.17) is 11.6 Å². The molecule has 21 heavy (non-hydrogen) atoms. The predicted octanol–water partition coefficient (Wildman–Crippen LogP) is 4.88. The number of rotatable bonds is 6. The van der Waals surface area contributed by atoms with E-state index in [2.05, 4.69) is 29.1 Å². The predicted molar refractivity (Wildman–Crippen MR) is 90.0 cm³/mol. The van der Waals surface area contributed by atoms with Crippen molar-refractivity contribution in [1.82, 2.24) is 9.97 Å². The number of nitrogens with one attached hydrogen (secondary N) is 1. The second-order valence-corrected chi connectivity index (χ2v) is 5.62. The molecule has 0 radical (unpaired) electrons. The molecule has 0 aliphatic heterocycles. The molecule has 0 atom stereocenters. The van der Waals surface area contributed by atoms with Crippen LogP contribution in [0.25, 0.3) is 11.4 Å². The van der Waals surface area contributed by atoms with Crippen molar-refractivity contribution in [2.45, 2.75) is 40.0 Å². The lowest BCUT2D eigenvalue weighted by atomic mass is 10.1. The van der Waals surface area contributed by atoms with Crippen LogP contribution in [0.3, 0.4) is 0 Å². The number of hydrogen-bond acceptors (Lipinski definition) is 3. The summed E-state index contributed by atoms with van der Waals surface area (Å²) in [6.45, 7) is 7.21. The Kier molecular flexibility index (Phi) is 5.57. The van der Waals surface area contributed by atoms with Gasteiger partial charge in [-0.1, -0.05) is 44.0 Å². The van der Waals surface area contributed by atoms with Crippen molar-refractivity contribution in [3.05, 3.63) is 40.5 Å². The van der Waals surface area contributed by atoms with Gasteiger partial charge >= 0.3 is 0 Å². The highest BCUT2D eigenvalue weighted by Crippen LogP contribution is 2.24. The zero-order chi connectivity index (χ0) is 15.2. The summed E-state index contributed by atoms with van der Waals surface area (Å²) < 4.78 is 0. The van der Waals surface area contributed by atoms with Crippen molar-refractivity contribution in [1.29, 1.82) is 0 Å². The van der Waals surface area contributed by atoms with Crippen molar-refractivity contribution in [3.8, 4) is 11.4 Å². The van der Waals surface area contributed by atoms with E-state index >= 15 is 0 Å². The van der Waals surface area contributed by atoms with Gasteiger partial charge in [0.15, 0.2) is 5.82 Å². The molecule has 4 heteroatoms. The number of nitrogens with zero attached hydrogens (tertiary/aromatic N) is 2. The molecular weight excluding hydrogens is 282 g/mol. The molecule has 1 aromatic heterocycles. The fourth-order valence-corrected chi connectivity index (χ4v) is 2.27. The van der Waals surface area contributed by atoms with Gasteiger partial charge in [-0.3, -0.25) is 0 Å². The van der Waals surface area contributed by atoms with Crippen molar-refractivity contribution < 1.29 is 0 Å². The van der Waals surface area contributed by atoms with Crippen molar-refractivity contribution >= 4 is 17.4 Å². The minimum absolute atomic E-state index is 0.737. The first-order chi connectivity index (χ1) is 10.1. The second-order valence-electron chi connectivity index (χ2n) is 5.21. The third kappa shape index (κ3) is 4.18. The first-order valence-corrected chi connectivity index (χ1v) is 7.90. The topological polar surface area (TPSA) is 37.8 Å². The van der Waals surface area contributed by atoms with Crippen molar-refractivity contribution in [2.75, 3.05) is 11.9 Å². The highest BCUT2D eigenvalue weighted by atomic mass is 35.5. The van der Waals surface area contributed by atoms with Gasteiger partial charge in [0, 0.05) is 28.9 Å². The molecule has 0 unspecified atom stereocenters. The monoisotopic (exact) mass is 303 g/mol. The zero-order valence-electron chi connectivity index (χ0n) is 12.9. The minimum Gasteiger partial charge on any atom is -0.370 e. The van der Waals surface area contributed by atoms with E-state index in [0.717, 1.165) is 59.3 Å². The Balaban J connectivity index is 2.40. The molecule has 2 aromatic rings. The first kappa shape index (κ1) is 15.8. The summed E-state index contributed by atoms with van der Waals surface area (Å²) in [5, 5.41) is 4.10. The number of halogens is 1. The highest BCUT2D eigenvalue weighted by molar-refractivity contribution is 6.31. The van der Waals surface area contributed by atoms with E-state index in [0.29, 0.717) is 0 Å². The summed E-state index contributed by atoms with van der Waals surface area (Å²) in [4.78, 5) is 9.28. The van der Waals surface area contributed by atoms with Crippen LogP contribution in [0.15, 0.2) is 24.3 Å². The van der Waals surface area contributed by atoms with Gasteiger partial charge in [-0.15, -0.1) is 0 Å². The average Bonchev–Trinajstić information content (AvgIpc) is 2.48. The standard InChI is InChI=1S/C17H22ClN3/c1-4-6-14-11-16(19-9-5-2)21-17(20-14)13-8-7-12(3)15(18)10-13/h7-8,10-11H,4-6,9H2,1-3H3,(H,19,20,21). The molecule has 1 aromatic carbocycles. The van der Waals surface area contributed by atoms with Gasteiger partial charge in [-0.25, -0.2) is 9.97 Å². The Labute approximate surface area is 131 Å². The molecule has 0 saturated carbocycles. The number of hydrogen-bond donors (Lipinski definition) is 1. The van der Waals surface area contributed by atoms with E-state index in [-0.39, 0.29) is 0 Å². The van der Waals surface area contributed by atoms with E-state index in [1.807, 2.05) is 31.2 Å². The fourth-order valence-electron chi connectivity index (χ4n) is 2.09. The molecule has 0 aliphatic carbocycles. The van der Waals surface area contributed by atoms with Crippen molar-refractivity contribution in [2.24, 2.45) is 0 Å². The maximum Gasteiger partial charge on any atom is 0.161 e. The molecule has 2 rings (SSSR count). The Hall–Kier alpha value is -1.61. The van der Waals surface area contributed by atoms with Gasteiger partial charge in [0.1, 0.15) is 5.82 Å².